The number of rotatable bonds is 7. The molecule has 4 aromatic rings. The third-order valence-electron chi connectivity index (χ3n) is 4.96. The third kappa shape index (κ3) is 4.43. The number of carbonyl (C=O) groups is 1. The van der Waals surface area contributed by atoms with E-state index in [-0.39, 0.29) is 29.0 Å². The van der Waals surface area contributed by atoms with Crippen LogP contribution in [0, 0.1) is 13.8 Å². The molecule has 0 atom stereocenters. The first kappa shape index (κ1) is 21.4. The highest BCUT2D eigenvalue weighted by Crippen LogP contribution is 2.30. The molecule has 0 saturated carbocycles. The number of amides is 1. The number of hydrogen-bond donors (Lipinski definition) is 1. The molecule has 0 saturated heterocycles. The second kappa shape index (κ2) is 8.74. The van der Waals surface area contributed by atoms with Gasteiger partial charge in [0.25, 0.3) is 6.43 Å². The lowest BCUT2D eigenvalue weighted by Gasteiger charge is -2.07. The van der Waals surface area contributed by atoms with E-state index in [0.29, 0.717) is 23.6 Å². The standard InChI is InChI=1S/C22H22F2N6O2/c1-13-7-18(21(23)24)20-14(2)28-30(22(20)26-13)12-19(31)27-16-9-25-29(11-16)10-15-5-4-6-17(8-15)32-3/h4-9,11,21H,10,12H2,1-3H3,(H,27,31). The van der Waals surface area contributed by atoms with Crippen molar-refractivity contribution in [1.82, 2.24) is 24.5 Å². The van der Waals surface area contributed by atoms with Crippen molar-refractivity contribution in [3.8, 4) is 5.75 Å². The van der Waals surface area contributed by atoms with Crippen molar-refractivity contribution in [3.63, 3.8) is 0 Å². The molecular formula is C22H22F2N6O2. The second-order valence-corrected chi connectivity index (χ2v) is 7.42. The summed E-state index contributed by atoms with van der Waals surface area (Å²) in [6, 6.07) is 8.97. The van der Waals surface area contributed by atoms with Gasteiger partial charge in [-0.15, -0.1) is 0 Å². The first-order valence-electron chi connectivity index (χ1n) is 9.92. The summed E-state index contributed by atoms with van der Waals surface area (Å²) in [5.41, 5.74) is 2.50. The van der Waals surface area contributed by atoms with E-state index in [9.17, 15) is 13.6 Å². The number of pyridine rings is 1. The lowest BCUT2D eigenvalue weighted by molar-refractivity contribution is -0.116. The zero-order valence-electron chi connectivity index (χ0n) is 17.8. The molecule has 3 heterocycles. The number of benzene rings is 1. The summed E-state index contributed by atoms with van der Waals surface area (Å²) in [4.78, 5) is 16.9. The van der Waals surface area contributed by atoms with Crippen LogP contribution in [0.1, 0.15) is 28.9 Å². The van der Waals surface area contributed by atoms with Gasteiger partial charge in [-0.1, -0.05) is 12.1 Å². The Morgan fingerprint density at radius 2 is 2.06 bits per heavy atom. The van der Waals surface area contributed by atoms with E-state index in [0.717, 1.165) is 11.3 Å². The Hall–Kier alpha value is -3.82. The predicted octanol–water partition coefficient (Wildman–Crippen LogP) is 3.88. The van der Waals surface area contributed by atoms with Gasteiger partial charge in [0.15, 0.2) is 5.65 Å². The molecule has 0 radical (unpaired) electrons. The van der Waals surface area contributed by atoms with Crippen LogP contribution >= 0.6 is 0 Å². The van der Waals surface area contributed by atoms with Crippen molar-refractivity contribution in [2.24, 2.45) is 0 Å². The zero-order chi connectivity index (χ0) is 22.8. The molecule has 1 amide bonds. The maximum absolute atomic E-state index is 13.5. The molecule has 1 aromatic carbocycles. The van der Waals surface area contributed by atoms with Crippen LogP contribution in [-0.2, 0) is 17.9 Å². The van der Waals surface area contributed by atoms with Gasteiger partial charge < -0.3 is 10.1 Å². The van der Waals surface area contributed by atoms with Gasteiger partial charge in [-0.05, 0) is 37.6 Å². The maximum Gasteiger partial charge on any atom is 0.264 e. The largest absolute Gasteiger partial charge is 0.497 e. The minimum Gasteiger partial charge on any atom is -0.497 e. The third-order valence-corrected chi connectivity index (χ3v) is 4.96. The number of alkyl halides is 2. The molecule has 0 unspecified atom stereocenters. The van der Waals surface area contributed by atoms with Crippen LogP contribution in [0.3, 0.4) is 0 Å². The summed E-state index contributed by atoms with van der Waals surface area (Å²) in [6.45, 7) is 3.61. The lowest BCUT2D eigenvalue weighted by atomic mass is 10.1. The van der Waals surface area contributed by atoms with Gasteiger partial charge in [0.05, 0.1) is 36.6 Å². The number of anilines is 1. The van der Waals surface area contributed by atoms with Gasteiger partial charge in [-0.3, -0.25) is 9.48 Å². The second-order valence-electron chi connectivity index (χ2n) is 7.42. The molecule has 8 nitrogen and oxygen atoms in total. The normalized spacial score (nSPS) is 11.3. The summed E-state index contributed by atoms with van der Waals surface area (Å²) >= 11 is 0. The van der Waals surface area contributed by atoms with Crippen LogP contribution in [0.2, 0.25) is 0 Å². The van der Waals surface area contributed by atoms with Crippen molar-refractivity contribution < 1.29 is 18.3 Å². The number of aromatic nitrogens is 5. The monoisotopic (exact) mass is 440 g/mol. The van der Waals surface area contributed by atoms with E-state index in [1.165, 1.54) is 10.7 Å². The number of carbonyl (C=O) groups excluding carboxylic acids is 1. The van der Waals surface area contributed by atoms with Crippen LogP contribution < -0.4 is 10.1 Å². The molecular weight excluding hydrogens is 418 g/mol. The molecule has 3 aromatic heterocycles. The van der Waals surface area contributed by atoms with Crippen molar-refractivity contribution in [3.05, 3.63) is 65.2 Å². The fraction of sp³-hybridized carbons (Fsp3) is 0.273. The van der Waals surface area contributed by atoms with E-state index in [4.69, 9.17) is 4.74 Å². The highest BCUT2D eigenvalue weighted by atomic mass is 19.3. The van der Waals surface area contributed by atoms with Crippen molar-refractivity contribution in [1.29, 1.82) is 0 Å². The Bertz CT molecular complexity index is 1280. The highest BCUT2D eigenvalue weighted by Gasteiger charge is 2.20. The molecule has 0 aliphatic rings. The topological polar surface area (TPSA) is 86.9 Å². The van der Waals surface area contributed by atoms with Gasteiger partial charge in [0.2, 0.25) is 5.91 Å². The Morgan fingerprint density at radius 3 is 2.81 bits per heavy atom. The van der Waals surface area contributed by atoms with E-state index in [1.54, 1.807) is 38.0 Å². The molecule has 1 N–H and O–H groups in total. The van der Waals surface area contributed by atoms with Crippen LogP contribution in [0.15, 0.2) is 42.7 Å². The Kier molecular flexibility index (Phi) is 5.85. The fourth-order valence-corrected chi connectivity index (χ4v) is 3.61. The van der Waals surface area contributed by atoms with Crippen LogP contribution in [0.5, 0.6) is 5.75 Å². The Balaban J connectivity index is 1.48. The van der Waals surface area contributed by atoms with Gasteiger partial charge in [0, 0.05) is 17.5 Å². The number of ether oxygens (including phenoxy) is 1. The smallest absolute Gasteiger partial charge is 0.264 e. The average Bonchev–Trinajstić information content (AvgIpc) is 3.31. The number of methoxy groups -OCH3 is 1. The molecule has 32 heavy (non-hydrogen) atoms. The van der Waals surface area contributed by atoms with E-state index >= 15 is 0 Å². The van der Waals surface area contributed by atoms with Gasteiger partial charge in [-0.2, -0.15) is 10.2 Å². The molecule has 0 aliphatic heterocycles. The van der Waals surface area contributed by atoms with Crippen molar-refractivity contribution in [2.75, 3.05) is 12.4 Å². The number of aryl methyl sites for hydroxylation is 2. The average molecular weight is 440 g/mol. The number of nitrogens with zero attached hydrogens (tertiary/aromatic N) is 5. The first-order chi connectivity index (χ1) is 15.3. The van der Waals surface area contributed by atoms with Gasteiger partial charge >= 0.3 is 0 Å². The molecule has 10 heteroatoms. The Morgan fingerprint density at radius 1 is 1.25 bits per heavy atom. The minimum absolute atomic E-state index is 0.129. The van der Waals surface area contributed by atoms with E-state index < -0.39 is 6.43 Å². The van der Waals surface area contributed by atoms with E-state index in [1.807, 2.05) is 24.3 Å². The molecule has 0 fully saturated rings. The SMILES string of the molecule is COc1cccc(Cn2cc(NC(=O)Cn3nc(C)c4c(C(F)F)cc(C)nc43)cn2)c1. The number of nitrogens with one attached hydrogen (secondary N) is 1. The zero-order valence-corrected chi connectivity index (χ0v) is 17.8. The minimum atomic E-state index is -2.65. The summed E-state index contributed by atoms with van der Waals surface area (Å²) in [7, 11) is 1.61. The molecule has 0 aliphatic carbocycles. The van der Waals surface area contributed by atoms with Crippen LogP contribution in [0.25, 0.3) is 11.0 Å². The van der Waals surface area contributed by atoms with Gasteiger partial charge in [0.1, 0.15) is 12.3 Å². The Labute approximate surface area is 182 Å². The molecule has 4 rings (SSSR count). The molecule has 0 bridgehead atoms. The predicted molar refractivity (Wildman–Crippen MR) is 115 cm³/mol. The summed E-state index contributed by atoms with van der Waals surface area (Å²) in [6.07, 6.45) is 0.600. The van der Waals surface area contributed by atoms with Crippen molar-refractivity contribution in [2.45, 2.75) is 33.4 Å². The summed E-state index contributed by atoms with van der Waals surface area (Å²) in [5, 5.41) is 11.6. The molecule has 0 spiro atoms. The van der Waals surface area contributed by atoms with E-state index in [2.05, 4.69) is 20.5 Å². The number of halogens is 2. The van der Waals surface area contributed by atoms with Gasteiger partial charge in [-0.25, -0.2) is 18.4 Å². The number of fused-ring (bicyclic) bond motifs is 1. The number of hydrogen-bond acceptors (Lipinski definition) is 5. The van der Waals surface area contributed by atoms with Crippen LogP contribution in [-0.4, -0.2) is 37.6 Å². The highest BCUT2D eigenvalue weighted by molar-refractivity contribution is 5.91. The maximum atomic E-state index is 13.5. The summed E-state index contributed by atoms with van der Waals surface area (Å²) < 4.78 is 35.2. The quantitative estimate of drug-likeness (QED) is 0.471. The summed E-state index contributed by atoms with van der Waals surface area (Å²) in [5.74, 6) is 0.390. The molecule has 166 valence electrons. The van der Waals surface area contributed by atoms with Crippen LogP contribution in [0.4, 0.5) is 14.5 Å². The lowest BCUT2D eigenvalue weighted by Crippen LogP contribution is -2.19. The first-order valence-corrected chi connectivity index (χ1v) is 9.92. The fourth-order valence-electron chi connectivity index (χ4n) is 3.61. The van der Waals surface area contributed by atoms with Crippen molar-refractivity contribution >= 4 is 22.6 Å².